The van der Waals surface area contributed by atoms with Crippen LogP contribution >= 0.6 is 0 Å². The Hall–Kier alpha value is -2.64. The molecule has 0 amide bonds. The molecule has 0 aliphatic carbocycles. The van der Waals surface area contributed by atoms with Gasteiger partial charge in [-0.15, -0.1) is 0 Å². The lowest BCUT2D eigenvalue weighted by Crippen LogP contribution is -2.45. The van der Waals surface area contributed by atoms with Crippen LogP contribution in [0.4, 0.5) is 0 Å². The zero-order valence-electron chi connectivity index (χ0n) is 17.6. The van der Waals surface area contributed by atoms with Gasteiger partial charge in [-0.1, -0.05) is 47.5 Å². The average molecular weight is 414 g/mol. The van der Waals surface area contributed by atoms with Crippen molar-refractivity contribution in [3.8, 4) is 0 Å². The summed E-state index contributed by atoms with van der Waals surface area (Å²) in [4.78, 5) is 0. The molecular weight excluding hydrogens is 384 g/mol. The van der Waals surface area contributed by atoms with Gasteiger partial charge in [-0.05, 0) is 62.1 Å². The van der Waals surface area contributed by atoms with Gasteiger partial charge >= 0.3 is 0 Å². The molecule has 0 aliphatic heterocycles. The summed E-state index contributed by atoms with van der Waals surface area (Å²) < 4.78 is 0. The topological polar surface area (TPSA) is 121 Å². The first-order chi connectivity index (χ1) is 14.0. The normalized spacial score (nSPS) is 16.8. The first-order valence-electron chi connectivity index (χ1n) is 9.69. The Morgan fingerprint density at radius 2 is 0.967 bits per heavy atom. The van der Waals surface area contributed by atoms with Crippen molar-refractivity contribution in [1.29, 1.82) is 0 Å². The van der Waals surface area contributed by atoms with Crippen LogP contribution < -0.4 is 0 Å². The van der Waals surface area contributed by atoms with Gasteiger partial charge in [0, 0.05) is 0 Å². The highest BCUT2D eigenvalue weighted by atomic mass is 16.4. The maximum absolute atomic E-state index is 10.2. The molecule has 0 saturated carbocycles. The van der Waals surface area contributed by atoms with Gasteiger partial charge in [0.25, 0.3) is 0 Å². The monoisotopic (exact) mass is 414 g/mol. The van der Waals surface area contributed by atoms with Crippen molar-refractivity contribution in [2.75, 3.05) is 0 Å². The molecule has 4 atom stereocenters. The van der Waals surface area contributed by atoms with Crippen molar-refractivity contribution in [3.05, 3.63) is 81.3 Å². The minimum atomic E-state index is -1.93. The summed E-state index contributed by atoms with van der Waals surface area (Å²) >= 11 is 0. The smallest absolute Gasteiger partial charge is 0.139 e. The van der Waals surface area contributed by atoms with E-state index in [9.17, 15) is 30.6 Å². The predicted octanol–water partition coefficient (Wildman–Crippen LogP) is 2.86. The summed E-state index contributed by atoms with van der Waals surface area (Å²) in [5, 5.41) is 61.3. The van der Waals surface area contributed by atoms with Crippen LogP contribution in [0.3, 0.4) is 0 Å². The van der Waals surface area contributed by atoms with Gasteiger partial charge < -0.3 is 30.6 Å². The fourth-order valence-corrected chi connectivity index (χ4v) is 3.19. The van der Waals surface area contributed by atoms with E-state index in [0.29, 0.717) is 11.1 Å². The molecule has 0 saturated heterocycles. The molecule has 0 heterocycles. The van der Waals surface area contributed by atoms with Crippen molar-refractivity contribution in [1.82, 2.24) is 0 Å². The van der Waals surface area contributed by atoms with Gasteiger partial charge in [-0.3, -0.25) is 0 Å². The van der Waals surface area contributed by atoms with Crippen LogP contribution in [0.25, 0.3) is 12.2 Å². The van der Waals surface area contributed by atoms with Crippen molar-refractivity contribution in [2.45, 2.75) is 52.1 Å². The zero-order chi connectivity index (χ0) is 22.6. The van der Waals surface area contributed by atoms with Crippen molar-refractivity contribution >= 4 is 12.2 Å². The Morgan fingerprint density at radius 1 is 0.633 bits per heavy atom. The molecule has 0 aromatic heterocycles. The Morgan fingerprint density at radius 3 is 1.27 bits per heavy atom. The van der Waals surface area contributed by atoms with E-state index in [1.165, 1.54) is 12.2 Å². The first kappa shape index (κ1) is 23.6. The summed E-state index contributed by atoms with van der Waals surface area (Å²) in [6.45, 7) is 7.52. The largest absolute Gasteiger partial charge is 0.509 e. The standard InChI is InChI=1S/C24H30O6/c1-13-5-7-17(15(3)9-13)11-19(25)21(27)23(29)24(30)22(28)20(26)12-18-8-6-14(2)10-16(18)4/h5-12,21-30H,1-4H3/t21-,22+,23-,24-/m1/s1. The van der Waals surface area contributed by atoms with Gasteiger partial charge in [-0.25, -0.2) is 0 Å². The van der Waals surface area contributed by atoms with E-state index in [0.717, 1.165) is 22.3 Å². The molecule has 2 rings (SSSR count). The molecule has 0 unspecified atom stereocenters. The van der Waals surface area contributed by atoms with Gasteiger partial charge in [0.05, 0.1) is 0 Å². The van der Waals surface area contributed by atoms with Crippen LogP contribution in [0.2, 0.25) is 0 Å². The molecule has 6 nitrogen and oxygen atoms in total. The molecule has 0 aliphatic rings. The number of aliphatic hydroxyl groups is 6. The van der Waals surface area contributed by atoms with E-state index in [1.807, 2.05) is 52.0 Å². The summed E-state index contributed by atoms with van der Waals surface area (Å²) in [6, 6.07) is 11.0. The van der Waals surface area contributed by atoms with Gasteiger partial charge in [0.15, 0.2) is 0 Å². The molecule has 162 valence electrons. The lowest BCUT2D eigenvalue weighted by Gasteiger charge is -2.26. The van der Waals surface area contributed by atoms with Crippen molar-refractivity contribution in [3.63, 3.8) is 0 Å². The third-order valence-electron chi connectivity index (χ3n) is 5.06. The number of hydrogen-bond donors (Lipinski definition) is 6. The fraction of sp³-hybridized carbons (Fsp3) is 0.333. The highest BCUT2D eigenvalue weighted by molar-refractivity contribution is 5.57. The van der Waals surface area contributed by atoms with E-state index < -0.39 is 35.9 Å². The highest BCUT2D eigenvalue weighted by Crippen LogP contribution is 2.21. The summed E-state index contributed by atoms with van der Waals surface area (Å²) in [5.74, 6) is -1.14. The molecule has 2 aromatic carbocycles. The Kier molecular flexibility index (Phi) is 7.81. The second kappa shape index (κ2) is 9.91. The Labute approximate surface area is 176 Å². The number of hydrogen-bond acceptors (Lipinski definition) is 6. The quantitative estimate of drug-likeness (QED) is 0.388. The summed E-state index contributed by atoms with van der Waals surface area (Å²) in [6.07, 6.45) is -5.01. The number of aliphatic hydroxyl groups excluding tert-OH is 6. The lowest BCUT2D eigenvalue weighted by molar-refractivity contribution is -0.0996. The van der Waals surface area contributed by atoms with Crippen LogP contribution in [-0.4, -0.2) is 55.1 Å². The van der Waals surface area contributed by atoms with E-state index in [1.54, 1.807) is 12.1 Å². The summed E-state index contributed by atoms with van der Waals surface area (Å²) in [5.41, 5.74) is 5.06. The first-order valence-corrected chi connectivity index (χ1v) is 9.69. The van der Waals surface area contributed by atoms with E-state index in [4.69, 9.17) is 0 Å². The van der Waals surface area contributed by atoms with Crippen LogP contribution in [0.15, 0.2) is 47.9 Å². The number of benzene rings is 2. The fourth-order valence-electron chi connectivity index (χ4n) is 3.19. The minimum absolute atomic E-state index is 0.571. The zero-order valence-corrected chi connectivity index (χ0v) is 17.6. The number of aryl methyl sites for hydroxylation is 4. The van der Waals surface area contributed by atoms with E-state index in [2.05, 4.69) is 0 Å². The lowest BCUT2D eigenvalue weighted by atomic mass is 9.97. The number of rotatable bonds is 7. The molecule has 0 radical (unpaired) electrons. The van der Waals surface area contributed by atoms with E-state index >= 15 is 0 Å². The minimum Gasteiger partial charge on any atom is -0.509 e. The third kappa shape index (κ3) is 5.70. The Balaban J connectivity index is 2.16. The second-order valence-electron chi connectivity index (χ2n) is 7.73. The molecule has 30 heavy (non-hydrogen) atoms. The Bertz CT molecular complexity index is 869. The van der Waals surface area contributed by atoms with Gasteiger partial charge in [-0.2, -0.15) is 0 Å². The molecule has 2 aromatic rings. The molecule has 0 fully saturated rings. The third-order valence-corrected chi connectivity index (χ3v) is 5.06. The van der Waals surface area contributed by atoms with Crippen LogP contribution in [0.1, 0.15) is 33.4 Å². The van der Waals surface area contributed by atoms with Crippen LogP contribution in [-0.2, 0) is 0 Å². The molecule has 6 N–H and O–H groups in total. The molecular formula is C24H30O6. The van der Waals surface area contributed by atoms with Crippen molar-refractivity contribution < 1.29 is 30.6 Å². The summed E-state index contributed by atoms with van der Waals surface area (Å²) in [7, 11) is 0. The second-order valence-corrected chi connectivity index (χ2v) is 7.73. The molecule has 0 bridgehead atoms. The van der Waals surface area contributed by atoms with Crippen LogP contribution in [0, 0.1) is 27.7 Å². The SMILES string of the molecule is Cc1ccc(C=C(O)[C@@H](O)[C@@H](O)[C@H](O)[C@@H](O)C(O)=Cc2ccc(C)cc2C)c(C)c1. The van der Waals surface area contributed by atoms with Crippen LogP contribution in [0.5, 0.6) is 0 Å². The highest BCUT2D eigenvalue weighted by Gasteiger charge is 2.34. The molecule has 0 spiro atoms. The average Bonchev–Trinajstić information content (AvgIpc) is 2.69. The maximum atomic E-state index is 10.2. The predicted molar refractivity (Wildman–Crippen MR) is 117 cm³/mol. The van der Waals surface area contributed by atoms with E-state index in [-0.39, 0.29) is 0 Å². The molecule has 6 heteroatoms. The maximum Gasteiger partial charge on any atom is 0.139 e. The van der Waals surface area contributed by atoms with Gasteiger partial charge in [0.2, 0.25) is 0 Å². The van der Waals surface area contributed by atoms with Gasteiger partial charge in [0.1, 0.15) is 35.9 Å². The van der Waals surface area contributed by atoms with Crippen molar-refractivity contribution in [2.24, 2.45) is 0 Å².